The fourth-order valence-corrected chi connectivity index (χ4v) is 3.76. The van der Waals surface area contributed by atoms with Crippen molar-refractivity contribution in [3.63, 3.8) is 0 Å². The second-order valence-electron chi connectivity index (χ2n) is 7.26. The Balaban J connectivity index is 1.53. The van der Waals surface area contributed by atoms with E-state index >= 15 is 0 Å². The summed E-state index contributed by atoms with van der Waals surface area (Å²) < 4.78 is 24.3. The van der Waals surface area contributed by atoms with Crippen molar-refractivity contribution in [3.8, 4) is 0 Å². The molecular weight excluding hydrogens is 374 g/mol. The standard InChI is InChI=1S/C21H27N3O3S/c1-23(28(2,26)27)20-11-9-19(10-12-20)21(25)22-15-17-5-7-18(8-6-17)16-24-13-3-4-14-24/h5-12H,3-4,13-16H2,1-2H3,(H,22,25). The monoisotopic (exact) mass is 401 g/mol. The van der Waals surface area contributed by atoms with Crippen molar-refractivity contribution in [1.82, 2.24) is 10.2 Å². The Kier molecular flexibility index (Phi) is 6.36. The summed E-state index contributed by atoms with van der Waals surface area (Å²) in [6, 6.07) is 14.9. The molecule has 0 atom stereocenters. The lowest BCUT2D eigenvalue weighted by Gasteiger charge is -2.16. The number of rotatable bonds is 7. The largest absolute Gasteiger partial charge is 0.348 e. The summed E-state index contributed by atoms with van der Waals surface area (Å²) in [6.45, 7) is 3.79. The summed E-state index contributed by atoms with van der Waals surface area (Å²) in [5.74, 6) is -0.185. The molecule has 0 unspecified atom stereocenters. The van der Waals surface area contributed by atoms with Gasteiger partial charge in [-0.25, -0.2) is 8.42 Å². The number of nitrogens with zero attached hydrogens (tertiary/aromatic N) is 2. The Morgan fingerprint density at radius 3 is 2.14 bits per heavy atom. The first-order valence-corrected chi connectivity index (χ1v) is 11.3. The number of sulfonamides is 1. The van der Waals surface area contributed by atoms with E-state index in [4.69, 9.17) is 0 Å². The summed E-state index contributed by atoms with van der Waals surface area (Å²) in [4.78, 5) is 14.8. The van der Waals surface area contributed by atoms with Crippen LogP contribution in [-0.2, 0) is 23.1 Å². The van der Waals surface area contributed by atoms with Crippen molar-refractivity contribution < 1.29 is 13.2 Å². The van der Waals surface area contributed by atoms with E-state index in [-0.39, 0.29) is 5.91 Å². The van der Waals surface area contributed by atoms with Crippen molar-refractivity contribution >= 4 is 21.6 Å². The molecule has 0 saturated carbocycles. The molecule has 1 aliphatic heterocycles. The molecule has 150 valence electrons. The second kappa shape index (κ2) is 8.75. The number of carbonyl (C=O) groups excluding carboxylic acids is 1. The quantitative estimate of drug-likeness (QED) is 0.774. The van der Waals surface area contributed by atoms with E-state index in [0.717, 1.165) is 18.4 Å². The van der Waals surface area contributed by atoms with Crippen molar-refractivity contribution in [2.45, 2.75) is 25.9 Å². The molecule has 28 heavy (non-hydrogen) atoms. The summed E-state index contributed by atoms with van der Waals surface area (Å²) in [5.41, 5.74) is 3.36. The van der Waals surface area contributed by atoms with Crippen LogP contribution in [0.15, 0.2) is 48.5 Å². The topological polar surface area (TPSA) is 69.7 Å². The van der Waals surface area contributed by atoms with Crippen LogP contribution in [0.4, 0.5) is 5.69 Å². The molecule has 1 fully saturated rings. The number of anilines is 1. The molecule has 7 heteroatoms. The van der Waals surface area contributed by atoms with Gasteiger partial charge in [-0.15, -0.1) is 0 Å². The first-order chi connectivity index (χ1) is 13.3. The van der Waals surface area contributed by atoms with Crippen LogP contribution in [0.25, 0.3) is 0 Å². The van der Waals surface area contributed by atoms with Gasteiger partial charge in [0.15, 0.2) is 0 Å². The maximum Gasteiger partial charge on any atom is 0.251 e. The molecule has 2 aromatic rings. The molecule has 1 N–H and O–H groups in total. The highest BCUT2D eigenvalue weighted by Gasteiger charge is 2.13. The van der Waals surface area contributed by atoms with Crippen LogP contribution in [0.3, 0.4) is 0 Å². The van der Waals surface area contributed by atoms with Crippen molar-refractivity contribution in [2.75, 3.05) is 30.7 Å². The zero-order valence-electron chi connectivity index (χ0n) is 16.4. The normalized spacial score (nSPS) is 14.8. The van der Waals surface area contributed by atoms with Gasteiger partial charge in [0, 0.05) is 25.7 Å². The van der Waals surface area contributed by atoms with Gasteiger partial charge in [0.05, 0.1) is 11.9 Å². The van der Waals surface area contributed by atoms with Gasteiger partial charge in [-0.05, 0) is 61.3 Å². The summed E-state index contributed by atoms with van der Waals surface area (Å²) in [6.07, 6.45) is 3.72. The van der Waals surface area contributed by atoms with E-state index in [1.807, 2.05) is 0 Å². The van der Waals surface area contributed by atoms with E-state index in [9.17, 15) is 13.2 Å². The zero-order chi connectivity index (χ0) is 20.1. The van der Waals surface area contributed by atoms with E-state index < -0.39 is 10.0 Å². The first-order valence-electron chi connectivity index (χ1n) is 9.45. The highest BCUT2D eigenvalue weighted by molar-refractivity contribution is 7.92. The Morgan fingerprint density at radius 1 is 1.00 bits per heavy atom. The molecule has 0 bridgehead atoms. The third kappa shape index (κ3) is 5.33. The Bertz CT molecular complexity index is 903. The SMILES string of the molecule is CN(c1ccc(C(=O)NCc2ccc(CN3CCCC3)cc2)cc1)S(C)(=O)=O. The lowest BCUT2D eigenvalue weighted by Crippen LogP contribution is -2.25. The molecule has 2 aromatic carbocycles. The van der Waals surface area contributed by atoms with Crippen LogP contribution in [0.5, 0.6) is 0 Å². The average molecular weight is 402 g/mol. The van der Waals surface area contributed by atoms with Crippen molar-refractivity contribution in [1.29, 1.82) is 0 Å². The minimum Gasteiger partial charge on any atom is -0.348 e. The van der Waals surface area contributed by atoms with Crippen molar-refractivity contribution in [2.24, 2.45) is 0 Å². The van der Waals surface area contributed by atoms with Gasteiger partial charge < -0.3 is 5.32 Å². The van der Waals surface area contributed by atoms with E-state index in [1.54, 1.807) is 24.3 Å². The molecule has 0 aliphatic carbocycles. The average Bonchev–Trinajstić information content (AvgIpc) is 3.19. The van der Waals surface area contributed by atoms with Crippen LogP contribution >= 0.6 is 0 Å². The van der Waals surface area contributed by atoms with Crippen LogP contribution < -0.4 is 9.62 Å². The van der Waals surface area contributed by atoms with Crippen LogP contribution in [0.1, 0.15) is 34.3 Å². The van der Waals surface area contributed by atoms with Gasteiger partial charge >= 0.3 is 0 Å². The number of carbonyl (C=O) groups is 1. The maximum absolute atomic E-state index is 12.3. The van der Waals surface area contributed by atoms with Gasteiger partial charge in [-0.2, -0.15) is 0 Å². The lowest BCUT2D eigenvalue weighted by atomic mass is 10.1. The molecule has 0 aromatic heterocycles. The number of benzene rings is 2. The van der Waals surface area contributed by atoms with E-state index in [2.05, 4.69) is 34.5 Å². The molecule has 1 aliphatic rings. The van der Waals surface area contributed by atoms with Crippen molar-refractivity contribution in [3.05, 3.63) is 65.2 Å². The fourth-order valence-electron chi connectivity index (χ4n) is 3.26. The molecular formula is C21H27N3O3S. The third-order valence-corrected chi connectivity index (χ3v) is 6.28. The van der Waals surface area contributed by atoms with Gasteiger partial charge in [0.25, 0.3) is 5.91 Å². The Hall–Kier alpha value is -2.38. The summed E-state index contributed by atoms with van der Waals surface area (Å²) in [5, 5.41) is 2.91. The van der Waals surface area contributed by atoms with Gasteiger partial charge in [-0.3, -0.25) is 14.0 Å². The number of likely N-dealkylation sites (tertiary alicyclic amines) is 1. The zero-order valence-corrected chi connectivity index (χ0v) is 17.2. The Morgan fingerprint density at radius 2 is 1.57 bits per heavy atom. The molecule has 1 amide bonds. The lowest BCUT2D eigenvalue weighted by molar-refractivity contribution is 0.0951. The minimum atomic E-state index is -3.32. The minimum absolute atomic E-state index is 0.185. The van der Waals surface area contributed by atoms with E-state index in [0.29, 0.717) is 17.8 Å². The highest BCUT2D eigenvalue weighted by atomic mass is 32.2. The van der Waals surface area contributed by atoms with Gasteiger partial charge in [0.1, 0.15) is 0 Å². The third-order valence-electron chi connectivity index (χ3n) is 5.07. The maximum atomic E-state index is 12.3. The molecule has 1 saturated heterocycles. The molecule has 3 rings (SSSR count). The molecule has 1 heterocycles. The van der Waals surface area contributed by atoms with E-state index in [1.165, 1.54) is 42.8 Å². The number of hydrogen-bond donors (Lipinski definition) is 1. The van der Waals surface area contributed by atoms with Crippen LogP contribution in [-0.4, -0.2) is 45.6 Å². The second-order valence-corrected chi connectivity index (χ2v) is 9.27. The summed E-state index contributed by atoms with van der Waals surface area (Å²) >= 11 is 0. The number of hydrogen-bond acceptors (Lipinski definition) is 4. The molecule has 6 nitrogen and oxygen atoms in total. The predicted molar refractivity (Wildman–Crippen MR) is 112 cm³/mol. The highest BCUT2D eigenvalue weighted by Crippen LogP contribution is 2.17. The predicted octanol–water partition coefficient (Wildman–Crippen LogP) is 2.61. The van der Waals surface area contributed by atoms with Gasteiger partial charge in [-0.1, -0.05) is 24.3 Å². The summed E-state index contributed by atoms with van der Waals surface area (Å²) in [7, 11) is -1.83. The Labute approximate surface area is 167 Å². The molecule has 0 radical (unpaired) electrons. The van der Waals surface area contributed by atoms with Gasteiger partial charge in [0.2, 0.25) is 10.0 Å². The first kappa shape index (κ1) is 20.4. The number of amides is 1. The molecule has 0 spiro atoms. The smallest absolute Gasteiger partial charge is 0.251 e. The van der Waals surface area contributed by atoms with Crippen LogP contribution in [0.2, 0.25) is 0 Å². The fraction of sp³-hybridized carbons (Fsp3) is 0.381. The number of nitrogens with one attached hydrogen (secondary N) is 1. The van der Waals surface area contributed by atoms with Crippen LogP contribution in [0, 0.1) is 0 Å².